The monoisotopic (exact) mass is 485 g/mol. The Morgan fingerprint density at radius 2 is 2.03 bits per heavy atom. The van der Waals surface area contributed by atoms with Crippen LogP contribution in [-0.2, 0) is 13.1 Å². The third-order valence-electron chi connectivity index (χ3n) is 6.77. The first-order valence-electron chi connectivity index (χ1n) is 11.9. The average Bonchev–Trinajstić information content (AvgIpc) is 3.51. The second kappa shape index (κ2) is 10.3. The fourth-order valence-corrected chi connectivity index (χ4v) is 5.91. The van der Waals surface area contributed by atoms with E-state index >= 15 is 0 Å². The van der Waals surface area contributed by atoms with E-state index in [4.69, 9.17) is 0 Å². The lowest BCUT2D eigenvalue weighted by Crippen LogP contribution is -2.36. The van der Waals surface area contributed by atoms with Crippen LogP contribution in [0.5, 0.6) is 0 Å². The van der Waals surface area contributed by atoms with Gasteiger partial charge < -0.3 is 14.6 Å². The largest absolute Gasteiger partial charge is 0.465 e. The zero-order valence-corrected chi connectivity index (χ0v) is 20.2. The number of hydrogen-bond acceptors (Lipinski definition) is 5. The number of carboxylic acid groups (broad SMARTS) is 1. The first kappa shape index (κ1) is 23.1. The second-order valence-corrected chi connectivity index (χ2v) is 10.1. The minimum absolute atomic E-state index is 0.308. The van der Waals surface area contributed by atoms with Gasteiger partial charge in [-0.05, 0) is 49.3 Å². The van der Waals surface area contributed by atoms with E-state index in [9.17, 15) is 15.2 Å². The van der Waals surface area contributed by atoms with Gasteiger partial charge in [0.05, 0.1) is 41.2 Å². The molecule has 4 aromatic rings. The number of carbonyl (C=O) groups is 1. The second-order valence-electron chi connectivity index (χ2n) is 9.28. The number of nitrogens with zero attached hydrogens (tertiary/aromatic N) is 5. The summed E-state index contributed by atoms with van der Waals surface area (Å²) in [6.45, 7) is 1.66. The van der Waals surface area contributed by atoms with Gasteiger partial charge in [-0.2, -0.15) is 5.26 Å². The standard InChI is InChI=1S/C27H27N5O2S/c28-13-19-9-10-24-25(12-19)32(18-29-24)15-21-6-4-5-20(11-21)14-31(27(33)34)16-23-17-35-26(30-23)22-7-2-1-3-8-22/h1-3,7-10,12,17-18,20-21H,4-6,11,14-16H2,(H,33,34). The van der Waals surface area contributed by atoms with Crippen molar-refractivity contribution in [2.75, 3.05) is 6.54 Å². The van der Waals surface area contributed by atoms with Crippen molar-refractivity contribution in [3.63, 3.8) is 0 Å². The molecule has 0 spiro atoms. The van der Waals surface area contributed by atoms with Crippen LogP contribution in [-0.4, -0.2) is 37.2 Å². The van der Waals surface area contributed by atoms with Gasteiger partial charge in [-0.1, -0.05) is 36.8 Å². The molecule has 2 heterocycles. The predicted octanol–water partition coefficient (Wildman–Crippen LogP) is 6.02. The van der Waals surface area contributed by atoms with Crippen LogP contribution in [0.1, 0.15) is 36.9 Å². The SMILES string of the molecule is N#Cc1ccc2ncn(CC3CCCC(CN(Cc4csc(-c5ccccc5)n4)C(=O)O)C3)c2c1. The van der Waals surface area contributed by atoms with Crippen LogP contribution < -0.4 is 0 Å². The van der Waals surface area contributed by atoms with Gasteiger partial charge in [0.1, 0.15) is 5.01 Å². The first-order valence-corrected chi connectivity index (χ1v) is 12.8. The normalized spacial score (nSPS) is 17.8. The maximum atomic E-state index is 12.1. The lowest BCUT2D eigenvalue weighted by Gasteiger charge is -2.32. The van der Waals surface area contributed by atoms with Crippen molar-refractivity contribution >= 4 is 28.5 Å². The summed E-state index contributed by atoms with van der Waals surface area (Å²) in [5.74, 6) is 0.776. The van der Waals surface area contributed by atoms with Crippen LogP contribution in [0.15, 0.2) is 60.2 Å². The number of thiazole rings is 1. The third kappa shape index (κ3) is 5.36. The molecular weight excluding hydrogens is 458 g/mol. The van der Waals surface area contributed by atoms with Gasteiger partial charge >= 0.3 is 6.09 Å². The molecule has 0 saturated heterocycles. The van der Waals surface area contributed by atoms with Gasteiger partial charge in [-0.3, -0.25) is 0 Å². The molecule has 1 fully saturated rings. The molecule has 2 atom stereocenters. The summed E-state index contributed by atoms with van der Waals surface area (Å²) in [6, 6.07) is 17.8. The predicted molar refractivity (Wildman–Crippen MR) is 136 cm³/mol. The van der Waals surface area contributed by atoms with E-state index in [0.717, 1.165) is 59.5 Å². The summed E-state index contributed by atoms with van der Waals surface area (Å²) >= 11 is 1.55. The topological polar surface area (TPSA) is 95.0 Å². The number of hydrogen-bond donors (Lipinski definition) is 1. The van der Waals surface area contributed by atoms with Crippen LogP contribution in [0.3, 0.4) is 0 Å². The van der Waals surface area contributed by atoms with E-state index in [1.54, 1.807) is 17.4 Å². The summed E-state index contributed by atoms with van der Waals surface area (Å²) < 4.78 is 2.14. The maximum absolute atomic E-state index is 12.1. The molecule has 5 rings (SSSR count). The Labute approximate surface area is 208 Å². The van der Waals surface area contributed by atoms with E-state index in [-0.39, 0.29) is 0 Å². The summed E-state index contributed by atoms with van der Waals surface area (Å²) in [5.41, 5.74) is 4.36. The van der Waals surface area contributed by atoms with E-state index in [1.807, 2.05) is 54.2 Å². The molecular formula is C27H27N5O2S. The highest BCUT2D eigenvalue weighted by molar-refractivity contribution is 7.13. The third-order valence-corrected chi connectivity index (χ3v) is 7.71. The Morgan fingerprint density at radius 3 is 2.83 bits per heavy atom. The van der Waals surface area contributed by atoms with Crippen LogP contribution in [0, 0.1) is 23.2 Å². The Morgan fingerprint density at radius 1 is 1.20 bits per heavy atom. The number of amides is 1. The minimum atomic E-state index is -0.897. The molecule has 178 valence electrons. The summed E-state index contributed by atoms with van der Waals surface area (Å²) in [5, 5.41) is 22.0. The van der Waals surface area contributed by atoms with Crippen LogP contribution in [0.4, 0.5) is 4.79 Å². The molecule has 0 aliphatic heterocycles. The van der Waals surface area contributed by atoms with Gasteiger partial charge in [-0.25, -0.2) is 14.8 Å². The van der Waals surface area contributed by atoms with Gasteiger partial charge in [0.2, 0.25) is 0 Å². The molecule has 0 bridgehead atoms. The van der Waals surface area contributed by atoms with Crippen LogP contribution >= 0.6 is 11.3 Å². The molecule has 1 aliphatic carbocycles. The molecule has 1 saturated carbocycles. The van der Waals surface area contributed by atoms with E-state index < -0.39 is 6.09 Å². The number of fused-ring (bicyclic) bond motifs is 1. The van der Waals surface area contributed by atoms with E-state index in [0.29, 0.717) is 30.5 Å². The molecule has 0 radical (unpaired) electrons. The molecule has 1 aliphatic rings. The Bertz CT molecular complexity index is 1360. The van der Waals surface area contributed by atoms with Crippen molar-refractivity contribution < 1.29 is 9.90 Å². The number of aromatic nitrogens is 3. The molecule has 1 amide bonds. The first-order chi connectivity index (χ1) is 17.1. The van der Waals surface area contributed by atoms with Gasteiger partial charge in [0, 0.05) is 24.0 Å². The minimum Gasteiger partial charge on any atom is -0.465 e. The van der Waals surface area contributed by atoms with Crippen molar-refractivity contribution in [1.82, 2.24) is 19.4 Å². The van der Waals surface area contributed by atoms with Crippen LogP contribution in [0.25, 0.3) is 21.6 Å². The molecule has 2 aromatic carbocycles. The van der Waals surface area contributed by atoms with E-state index in [2.05, 4.69) is 20.6 Å². The van der Waals surface area contributed by atoms with Crippen molar-refractivity contribution in [2.45, 2.75) is 38.8 Å². The van der Waals surface area contributed by atoms with Crippen molar-refractivity contribution in [3.8, 4) is 16.6 Å². The van der Waals surface area contributed by atoms with Gasteiger partial charge in [0.15, 0.2) is 0 Å². The van der Waals surface area contributed by atoms with Crippen LogP contribution in [0.2, 0.25) is 0 Å². The fraction of sp³-hybridized carbons (Fsp3) is 0.333. The lowest BCUT2D eigenvalue weighted by molar-refractivity contribution is 0.119. The Hall–Kier alpha value is -3.70. The molecule has 7 nitrogen and oxygen atoms in total. The zero-order chi connectivity index (χ0) is 24.2. The quantitative estimate of drug-likeness (QED) is 0.345. The summed E-state index contributed by atoms with van der Waals surface area (Å²) in [7, 11) is 0. The highest BCUT2D eigenvalue weighted by Gasteiger charge is 2.26. The summed E-state index contributed by atoms with van der Waals surface area (Å²) in [6.07, 6.45) is 5.18. The summed E-state index contributed by atoms with van der Waals surface area (Å²) in [4.78, 5) is 22.7. The number of nitriles is 1. The average molecular weight is 486 g/mol. The fourth-order valence-electron chi connectivity index (χ4n) is 5.09. The maximum Gasteiger partial charge on any atom is 0.407 e. The highest BCUT2D eigenvalue weighted by Crippen LogP contribution is 2.32. The van der Waals surface area contributed by atoms with Gasteiger partial charge in [0.25, 0.3) is 0 Å². The Balaban J connectivity index is 1.23. The van der Waals surface area contributed by atoms with E-state index in [1.165, 1.54) is 4.90 Å². The molecule has 35 heavy (non-hydrogen) atoms. The van der Waals surface area contributed by atoms with Crippen molar-refractivity contribution in [1.29, 1.82) is 5.26 Å². The number of imidazole rings is 1. The lowest BCUT2D eigenvalue weighted by atomic mass is 9.81. The molecule has 2 unspecified atom stereocenters. The molecule has 8 heteroatoms. The Kier molecular flexibility index (Phi) is 6.77. The van der Waals surface area contributed by atoms with Gasteiger partial charge in [-0.15, -0.1) is 11.3 Å². The zero-order valence-electron chi connectivity index (χ0n) is 19.4. The molecule has 1 N–H and O–H groups in total. The molecule has 2 aromatic heterocycles. The number of benzene rings is 2. The van der Waals surface area contributed by atoms with Crippen molar-refractivity contribution in [2.24, 2.45) is 11.8 Å². The van der Waals surface area contributed by atoms with Crippen molar-refractivity contribution in [3.05, 3.63) is 71.5 Å². The number of rotatable bonds is 7. The highest BCUT2D eigenvalue weighted by atomic mass is 32.1. The smallest absolute Gasteiger partial charge is 0.407 e.